The van der Waals surface area contributed by atoms with E-state index in [1.807, 2.05) is 43.3 Å². The fourth-order valence-electron chi connectivity index (χ4n) is 3.20. The van der Waals surface area contributed by atoms with Gasteiger partial charge < -0.3 is 10.3 Å². The van der Waals surface area contributed by atoms with Gasteiger partial charge in [0.2, 0.25) is 0 Å². The zero-order valence-corrected chi connectivity index (χ0v) is 16.5. The normalized spacial score (nSPS) is 14.5. The van der Waals surface area contributed by atoms with E-state index >= 15 is 0 Å². The predicted octanol–water partition coefficient (Wildman–Crippen LogP) is 3.71. The summed E-state index contributed by atoms with van der Waals surface area (Å²) in [4.78, 5) is 17.0. The van der Waals surface area contributed by atoms with Gasteiger partial charge in [-0.15, -0.1) is 12.4 Å². The van der Waals surface area contributed by atoms with Crippen molar-refractivity contribution in [1.82, 2.24) is 10.1 Å². The molecule has 0 bridgehead atoms. The van der Waals surface area contributed by atoms with Gasteiger partial charge in [-0.25, -0.2) is 9.38 Å². The summed E-state index contributed by atoms with van der Waals surface area (Å²) < 4.78 is 20.1. The van der Waals surface area contributed by atoms with Gasteiger partial charge in [-0.3, -0.25) is 9.69 Å². The molecule has 8 heteroatoms. The zero-order chi connectivity index (χ0) is 19.7. The molecular formula is C21H20ClFN4O2. The van der Waals surface area contributed by atoms with E-state index < -0.39 is 0 Å². The molecule has 0 fully saturated rings. The third-order valence-corrected chi connectivity index (χ3v) is 4.86. The number of hydrogen-bond donors (Lipinski definition) is 1. The van der Waals surface area contributed by atoms with E-state index in [1.54, 1.807) is 12.1 Å². The molecule has 2 heterocycles. The summed E-state index contributed by atoms with van der Waals surface area (Å²) in [5.74, 6) is 0.113. The average Bonchev–Trinajstić information content (AvgIpc) is 3.30. The fraction of sp³-hybridized carbons (Fsp3) is 0.190. The second-order valence-corrected chi connectivity index (χ2v) is 6.70. The molecule has 1 aliphatic heterocycles. The van der Waals surface area contributed by atoms with Gasteiger partial charge in [-0.2, -0.15) is 0 Å². The van der Waals surface area contributed by atoms with Gasteiger partial charge in [-0.1, -0.05) is 54.5 Å². The predicted molar refractivity (Wildman–Crippen MR) is 110 cm³/mol. The van der Waals surface area contributed by atoms with Crippen LogP contribution in [0.1, 0.15) is 29.9 Å². The molecule has 1 aliphatic rings. The van der Waals surface area contributed by atoms with Gasteiger partial charge in [0.05, 0.1) is 6.54 Å². The maximum Gasteiger partial charge on any atom is 0.251 e. The van der Waals surface area contributed by atoms with Crippen LogP contribution in [0.3, 0.4) is 0 Å². The maximum atomic E-state index is 14.7. The standard InChI is InChI=1S/C21H19FN4O2.ClH/c1-13(15-7-8-17(18(22)9-15)14-5-3-2-4-6-14)19-10-16(25-28-19)12-26-20(27)11-24-21(26)23;/h2-10,13H,11-12H2,1H3,(H2,23,24);1H. The number of nitrogens with zero attached hydrogens (tertiary/aromatic N) is 3. The molecule has 1 aromatic heterocycles. The molecule has 0 aliphatic carbocycles. The van der Waals surface area contributed by atoms with E-state index in [0.29, 0.717) is 17.0 Å². The lowest BCUT2D eigenvalue weighted by Gasteiger charge is -2.13. The number of halogens is 2. The Balaban J connectivity index is 0.00000240. The van der Waals surface area contributed by atoms with Gasteiger partial charge >= 0.3 is 0 Å². The van der Waals surface area contributed by atoms with Crippen molar-refractivity contribution in [3.63, 3.8) is 0 Å². The third-order valence-electron chi connectivity index (χ3n) is 4.86. The number of benzene rings is 2. The number of rotatable bonds is 5. The molecule has 2 N–H and O–H groups in total. The first-order valence-electron chi connectivity index (χ1n) is 8.93. The summed E-state index contributed by atoms with van der Waals surface area (Å²) in [5.41, 5.74) is 8.43. The van der Waals surface area contributed by atoms with Crippen molar-refractivity contribution in [2.75, 3.05) is 6.54 Å². The van der Waals surface area contributed by atoms with Crippen LogP contribution in [-0.4, -0.2) is 28.5 Å². The van der Waals surface area contributed by atoms with Crippen LogP contribution >= 0.6 is 12.4 Å². The van der Waals surface area contributed by atoms with Crippen LogP contribution in [0.2, 0.25) is 0 Å². The van der Waals surface area contributed by atoms with Gasteiger partial charge in [0, 0.05) is 17.5 Å². The molecule has 2 aromatic carbocycles. The molecule has 0 radical (unpaired) electrons. The molecule has 1 atom stereocenters. The second kappa shape index (κ2) is 8.45. The highest BCUT2D eigenvalue weighted by molar-refractivity contribution is 6.02. The molecular weight excluding hydrogens is 395 g/mol. The largest absolute Gasteiger partial charge is 0.369 e. The summed E-state index contributed by atoms with van der Waals surface area (Å²) in [5, 5.41) is 4.01. The molecule has 150 valence electrons. The van der Waals surface area contributed by atoms with E-state index in [9.17, 15) is 9.18 Å². The van der Waals surface area contributed by atoms with Crippen LogP contribution in [0.5, 0.6) is 0 Å². The number of nitrogens with two attached hydrogens (primary N) is 1. The minimum absolute atomic E-state index is 0. The van der Waals surface area contributed by atoms with Crippen LogP contribution in [0.25, 0.3) is 11.1 Å². The first-order valence-corrected chi connectivity index (χ1v) is 8.93. The Morgan fingerprint density at radius 1 is 1.21 bits per heavy atom. The average molecular weight is 415 g/mol. The van der Waals surface area contributed by atoms with Crippen LogP contribution in [0.4, 0.5) is 4.39 Å². The third kappa shape index (κ3) is 4.14. The highest BCUT2D eigenvalue weighted by Gasteiger charge is 2.25. The molecule has 0 saturated carbocycles. The Hall–Kier alpha value is -3.19. The number of hydrogen-bond acceptors (Lipinski definition) is 5. The van der Waals surface area contributed by atoms with Crippen molar-refractivity contribution in [1.29, 1.82) is 0 Å². The van der Waals surface area contributed by atoms with Crippen molar-refractivity contribution >= 4 is 24.3 Å². The van der Waals surface area contributed by atoms with Crippen LogP contribution in [0, 0.1) is 5.82 Å². The van der Waals surface area contributed by atoms with Crippen LogP contribution in [0.15, 0.2) is 64.1 Å². The van der Waals surface area contributed by atoms with Gasteiger partial charge in [-0.05, 0) is 17.2 Å². The smallest absolute Gasteiger partial charge is 0.251 e. The minimum Gasteiger partial charge on any atom is -0.369 e. The Labute approximate surface area is 173 Å². The zero-order valence-electron chi connectivity index (χ0n) is 15.7. The number of aliphatic imine (C=N–C) groups is 1. The van der Waals surface area contributed by atoms with E-state index in [1.165, 1.54) is 11.0 Å². The lowest BCUT2D eigenvalue weighted by atomic mass is 9.95. The topological polar surface area (TPSA) is 84.7 Å². The van der Waals surface area contributed by atoms with Crippen molar-refractivity contribution in [3.05, 3.63) is 77.4 Å². The lowest BCUT2D eigenvalue weighted by molar-refractivity contribution is -0.125. The molecule has 1 amide bonds. The SMILES string of the molecule is CC(c1ccc(-c2ccccc2)c(F)c1)c1cc(CN2C(=O)CN=C2N)no1.Cl. The molecule has 4 rings (SSSR count). The highest BCUT2D eigenvalue weighted by atomic mass is 35.5. The van der Waals surface area contributed by atoms with Crippen molar-refractivity contribution in [3.8, 4) is 11.1 Å². The van der Waals surface area contributed by atoms with Crippen LogP contribution < -0.4 is 5.73 Å². The lowest BCUT2D eigenvalue weighted by Crippen LogP contribution is -2.36. The Kier molecular flexibility index (Phi) is 5.98. The van der Waals surface area contributed by atoms with Gasteiger partial charge in [0.1, 0.15) is 23.8 Å². The monoisotopic (exact) mass is 414 g/mol. The van der Waals surface area contributed by atoms with Crippen molar-refractivity contribution in [2.45, 2.75) is 19.4 Å². The van der Waals surface area contributed by atoms with Gasteiger partial charge in [0.15, 0.2) is 5.96 Å². The second-order valence-electron chi connectivity index (χ2n) is 6.70. The quantitative estimate of drug-likeness (QED) is 0.689. The number of guanidine groups is 1. The first-order chi connectivity index (χ1) is 13.5. The molecule has 29 heavy (non-hydrogen) atoms. The Bertz CT molecular complexity index is 1050. The molecule has 0 spiro atoms. The highest BCUT2D eigenvalue weighted by Crippen LogP contribution is 2.30. The molecule has 6 nitrogen and oxygen atoms in total. The number of aromatic nitrogens is 1. The Morgan fingerprint density at radius 2 is 1.97 bits per heavy atom. The number of amides is 1. The van der Waals surface area contributed by atoms with Crippen molar-refractivity contribution in [2.24, 2.45) is 10.7 Å². The summed E-state index contributed by atoms with van der Waals surface area (Å²) >= 11 is 0. The van der Waals surface area contributed by atoms with Crippen molar-refractivity contribution < 1.29 is 13.7 Å². The summed E-state index contributed by atoms with van der Waals surface area (Å²) in [7, 11) is 0. The molecule has 0 saturated heterocycles. The first kappa shape index (κ1) is 20.5. The molecule has 3 aromatic rings. The van der Waals surface area contributed by atoms with E-state index in [-0.39, 0.29) is 49.1 Å². The molecule has 1 unspecified atom stereocenters. The summed E-state index contributed by atoms with van der Waals surface area (Å²) in [6, 6.07) is 16.3. The number of carbonyl (C=O) groups is 1. The van der Waals surface area contributed by atoms with Gasteiger partial charge in [0.25, 0.3) is 5.91 Å². The maximum absolute atomic E-state index is 14.7. The summed E-state index contributed by atoms with van der Waals surface area (Å²) in [6.07, 6.45) is 0. The number of carbonyl (C=O) groups excluding carboxylic acids is 1. The van der Waals surface area contributed by atoms with Crippen LogP contribution in [-0.2, 0) is 11.3 Å². The van der Waals surface area contributed by atoms with E-state index in [4.69, 9.17) is 10.3 Å². The van der Waals surface area contributed by atoms with E-state index in [2.05, 4.69) is 10.1 Å². The minimum atomic E-state index is -0.290. The van der Waals surface area contributed by atoms with E-state index in [0.717, 1.165) is 11.1 Å². The fourth-order valence-corrected chi connectivity index (χ4v) is 3.20. The Morgan fingerprint density at radius 3 is 2.62 bits per heavy atom. The summed E-state index contributed by atoms with van der Waals surface area (Å²) in [6.45, 7) is 2.17.